The summed E-state index contributed by atoms with van der Waals surface area (Å²) in [5.74, 6) is -8.12. The van der Waals surface area contributed by atoms with E-state index in [0.29, 0.717) is 0 Å². The van der Waals surface area contributed by atoms with Gasteiger partial charge >= 0.3 is 0 Å². The second-order valence-electron chi connectivity index (χ2n) is 14.6. The lowest BCUT2D eigenvalue weighted by Gasteiger charge is -2.34. The van der Waals surface area contributed by atoms with Crippen LogP contribution >= 0.6 is 0 Å². The van der Waals surface area contributed by atoms with Crippen molar-refractivity contribution in [3.63, 3.8) is 0 Å². The summed E-state index contributed by atoms with van der Waals surface area (Å²) in [6, 6.07) is -6.28. The molecule has 22 nitrogen and oxygen atoms in total. The number of phenolic OH excluding ortho intramolecular Hbond substituents is 1. The average Bonchev–Trinajstić information content (AvgIpc) is 3.68. The first-order valence-corrected chi connectivity index (χ1v) is 18.0. The van der Waals surface area contributed by atoms with Crippen molar-refractivity contribution in [2.75, 3.05) is 13.1 Å². The quantitative estimate of drug-likeness (QED) is 0.132. The SMILES string of the molecule is C[C@@H](O)C1NC(=O)C([C@H](O)[C@@H](O)c2ccc(O)cc2)NC(=O)[C@@H]2C[C@@H](O)CN2C(=O)C([C@@H](C)O)NC(=O)[C@@H](N)C[C@@H](O)[C@@H](O)NC(=O)[C@@H]2[C@@H](O)[C@@H](C)CN2C1=O. The molecule has 22 heteroatoms. The Morgan fingerprint density at radius 3 is 1.80 bits per heavy atom. The average molecular weight is 798 g/mol. The van der Waals surface area contributed by atoms with Crippen molar-refractivity contribution in [3.8, 4) is 5.75 Å². The minimum absolute atomic E-state index is 0.0501. The number of amides is 6. The van der Waals surface area contributed by atoms with Crippen molar-refractivity contribution in [2.45, 2.75) is 119 Å². The Labute approximate surface area is 320 Å². The summed E-state index contributed by atoms with van der Waals surface area (Å²) in [6.07, 6.45) is -15.8. The van der Waals surface area contributed by atoms with E-state index in [9.17, 15) is 74.7 Å². The van der Waals surface area contributed by atoms with E-state index in [4.69, 9.17) is 5.73 Å². The molecule has 4 rings (SSSR count). The van der Waals surface area contributed by atoms with Gasteiger partial charge in [-0.3, -0.25) is 28.8 Å². The molecule has 15 atom stereocenters. The second-order valence-corrected chi connectivity index (χ2v) is 14.6. The van der Waals surface area contributed by atoms with Gasteiger partial charge < -0.3 is 82.8 Å². The molecular formula is C34H51N7O15. The summed E-state index contributed by atoms with van der Waals surface area (Å²) in [5, 5.41) is 105. The number of rotatable bonds is 5. The zero-order valence-electron chi connectivity index (χ0n) is 30.7. The molecule has 15 N–H and O–H groups in total. The summed E-state index contributed by atoms with van der Waals surface area (Å²) in [7, 11) is 0. The van der Waals surface area contributed by atoms with E-state index in [0.717, 1.165) is 35.8 Å². The third-order valence-corrected chi connectivity index (χ3v) is 10.2. The second kappa shape index (κ2) is 18.2. The molecule has 3 unspecified atom stereocenters. The van der Waals surface area contributed by atoms with Gasteiger partial charge in [-0.05, 0) is 31.5 Å². The maximum atomic E-state index is 14.0. The Morgan fingerprint density at radius 1 is 0.696 bits per heavy atom. The number of nitrogens with two attached hydrogens (primary N) is 1. The summed E-state index contributed by atoms with van der Waals surface area (Å²) in [5.41, 5.74) is 5.88. The van der Waals surface area contributed by atoms with Crippen LogP contribution in [0.5, 0.6) is 5.75 Å². The highest BCUT2D eigenvalue weighted by molar-refractivity contribution is 5.98. The number of phenols is 1. The van der Waals surface area contributed by atoms with Crippen LogP contribution in [0.2, 0.25) is 0 Å². The fraction of sp³-hybridized carbons (Fsp3) is 0.647. The number of aromatic hydroxyl groups is 1. The van der Waals surface area contributed by atoms with Gasteiger partial charge in [0.2, 0.25) is 35.4 Å². The highest BCUT2D eigenvalue weighted by Gasteiger charge is 2.50. The molecule has 312 valence electrons. The lowest BCUT2D eigenvalue weighted by atomic mass is 9.96. The van der Waals surface area contributed by atoms with Gasteiger partial charge in [0.1, 0.15) is 54.3 Å². The molecule has 56 heavy (non-hydrogen) atoms. The summed E-state index contributed by atoms with van der Waals surface area (Å²) in [4.78, 5) is 83.9. The summed E-state index contributed by atoms with van der Waals surface area (Å²) in [6.45, 7) is 2.85. The van der Waals surface area contributed by atoms with E-state index in [2.05, 4.69) is 16.0 Å². The molecule has 0 radical (unpaired) electrons. The van der Waals surface area contributed by atoms with E-state index in [1.54, 1.807) is 0 Å². The monoisotopic (exact) mass is 797 g/mol. The van der Waals surface area contributed by atoms with E-state index < -0.39 is 146 Å². The predicted molar refractivity (Wildman–Crippen MR) is 188 cm³/mol. The summed E-state index contributed by atoms with van der Waals surface area (Å²) >= 11 is 0. The Morgan fingerprint density at radius 2 is 1.23 bits per heavy atom. The third kappa shape index (κ3) is 9.70. The van der Waals surface area contributed by atoms with Crippen LogP contribution in [0.4, 0.5) is 0 Å². The van der Waals surface area contributed by atoms with Crippen molar-refractivity contribution in [1.29, 1.82) is 0 Å². The first-order valence-electron chi connectivity index (χ1n) is 18.0. The zero-order valence-corrected chi connectivity index (χ0v) is 30.7. The molecule has 0 saturated carbocycles. The zero-order chi connectivity index (χ0) is 41.9. The first-order chi connectivity index (χ1) is 26.1. The summed E-state index contributed by atoms with van der Waals surface area (Å²) < 4.78 is 0. The highest BCUT2D eigenvalue weighted by Crippen LogP contribution is 2.27. The number of hydrogen-bond acceptors (Lipinski definition) is 16. The molecule has 3 aliphatic heterocycles. The van der Waals surface area contributed by atoms with Crippen LogP contribution in [0.15, 0.2) is 24.3 Å². The van der Waals surface area contributed by atoms with Crippen LogP contribution in [0.25, 0.3) is 0 Å². The number of carbonyl (C=O) groups excluding carboxylic acids is 6. The maximum absolute atomic E-state index is 14.0. The lowest BCUT2D eigenvalue weighted by molar-refractivity contribution is -0.148. The van der Waals surface area contributed by atoms with Crippen LogP contribution < -0.4 is 27.0 Å². The van der Waals surface area contributed by atoms with Crippen molar-refractivity contribution in [1.82, 2.24) is 31.1 Å². The predicted octanol–water partition coefficient (Wildman–Crippen LogP) is -7.30. The molecule has 6 amide bonds. The molecule has 1 aromatic carbocycles. The van der Waals surface area contributed by atoms with Crippen LogP contribution in [0.3, 0.4) is 0 Å². The normalized spacial score (nSPS) is 35.2. The largest absolute Gasteiger partial charge is 0.508 e. The minimum Gasteiger partial charge on any atom is -0.508 e. The maximum Gasteiger partial charge on any atom is 0.248 e. The van der Waals surface area contributed by atoms with Crippen LogP contribution in [0, 0.1) is 5.92 Å². The van der Waals surface area contributed by atoms with E-state index in [1.165, 1.54) is 19.1 Å². The Kier molecular flexibility index (Phi) is 14.3. The van der Waals surface area contributed by atoms with Crippen LogP contribution in [-0.4, -0.2) is 183 Å². The van der Waals surface area contributed by atoms with Gasteiger partial charge in [0.25, 0.3) is 0 Å². The fourth-order valence-electron chi connectivity index (χ4n) is 6.92. The molecule has 0 bridgehead atoms. The van der Waals surface area contributed by atoms with E-state index in [-0.39, 0.29) is 17.9 Å². The highest BCUT2D eigenvalue weighted by atomic mass is 16.3. The van der Waals surface area contributed by atoms with Gasteiger partial charge in [0.05, 0.1) is 30.5 Å². The van der Waals surface area contributed by atoms with Crippen molar-refractivity contribution >= 4 is 35.4 Å². The van der Waals surface area contributed by atoms with Gasteiger partial charge in [-0.1, -0.05) is 19.1 Å². The Bertz CT molecular complexity index is 1620. The van der Waals surface area contributed by atoms with E-state index in [1.807, 2.05) is 5.32 Å². The van der Waals surface area contributed by atoms with Gasteiger partial charge in [0.15, 0.2) is 6.23 Å². The molecule has 0 aliphatic carbocycles. The van der Waals surface area contributed by atoms with Crippen LogP contribution in [0.1, 0.15) is 45.3 Å². The number of aliphatic hydroxyl groups excluding tert-OH is 8. The van der Waals surface area contributed by atoms with Crippen LogP contribution in [-0.2, 0) is 28.8 Å². The smallest absolute Gasteiger partial charge is 0.248 e. The van der Waals surface area contributed by atoms with Gasteiger partial charge in [-0.25, -0.2) is 0 Å². The Balaban J connectivity index is 1.80. The number of hydrogen-bond donors (Lipinski definition) is 14. The number of fused-ring (bicyclic) bond motifs is 2. The van der Waals surface area contributed by atoms with Crippen molar-refractivity contribution in [3.05, 3.63) is 29.8 Å². The van der Waals surface area contributed by atoms with Crippen molar-refractivity contribution < 1.29 is 74.7 Å². The van der Waals surface area contributed by atoms with Gasteiger partial charge in [0, 0.05) is 31.8 Å². The standard InChI is InChI=1S/C34H51N7O15/c1-12-10-41-24(25(12)47)32(54)39-30(52)20(46)9-18(35)28(50)36-21(13(2)42)33(55)40-11-17(45)8-19(40)29(51)38-23(31(53)37-22(14(3)43)34(41)56)27(49)26(48)15-4-6-16(44)7-5-15/h4-7,12-14,17-27,30,42-49,52H,8-11,35H2,1-3H3,(H,36,50)(H,37,53)(H,38,51)(H,39,54)/t12-,13+,14+,17+,18-,19-,20+,21?,22?,23?,24-,25-,26-,27-,30+/m0/s1. The van der Waals surface area contributed by atoms with E-state index >= 15 is 0 Å². The lowest BCUT2D eigenvalue weighted by Crippen LogP contribution is -2.64. The topological polar surface area (TPSA) is 365 Å². The number of benzene rings is 1. The number of carbonyl (C=O) groups is 6. The molecule has 3 heterocycles. The fourth-order valence-corrected chi connectivity index (χ4v) is 6.92. The Hall–Kier alpha value is -4.52. The van der Waals surface area contributed by atoms with Crippen molar-refractivity contribution in [2.24, 2.45) is 11.7 Å². The number of nitrogens with one attached hydrogen (secondary N) is 4. The number of aliphatic hydroxyl groups is 8. The molecule has 3 saturated heterocycles. The molecular weight excluding hydrogens is 746 g/mol. The van der Waals surface area contributed by atoms with Gasteiger partial charge in [-0.15, -0.1) is 0 Å². The number of nitrogens with zero attached hydrogens (tertiary/aromatic N) is 2. The molecule has 0 aromatic heterocycles. The molecule has 3 fully saturated rings. The minimum atomic E-state index is -2.24. The third-order valence-electron chi connectivity index (χ3n) is 10.2. The molecule has 0 spiro atoms. The molecule has 1 aromatic rings. The van der Waals surface area contributed by atoms with Gasteiger partial charge in [-0.2, -0.15) is 0 Å². The molecule has 3 aliphatic rings. The first kappa shape index (κ1) is 44.2.